The smallest absolute Gasteiger partial charge is 0.253 e. The van der Waals surface area contributed by atoms with E-state index in [0.29, 0.717) is 24.2 Å². The molecule has 208 valence electrons. The van der Waals surface area contributed by atoms with Gasteiger partial charge in [-0.25, -0.2) is 8.78 Å². The summed E-state index contributed by atoms with van der Waals surface area (Å²) in [6.07, 6.45) is -0.146. The summed E-state index contributed by atoms with van der Waals surface area (Å²) in [4.78, 5) is 27.5. The molecule has 0 radical (unpaired) electrons. The normalized spacial score (nSPS) is 12.6. The Morgan fingerprint density at radius 3 is 2.26 bits per heavy atom. The minimum Gasteiger partial charge on any atom is -0.390 e. The first-order valence-corrected chi connectivity index (χ1v) is 13.2. The van der Waals surface area contributed by atoms with Crippen molar-refractivity contribution >= 4 is 11.8 Å². The van der Waals surface area contributed by atoms with Crippen LogP contribution in [0.25, 0.3) is 0 Å². The van der Waals surface area contributed by atoms with Crippen LogP contribution >= 0.6 is 0 Å². The molecule has 0 aliphatic carbocycles. The van der Waals surface area contributed by atoms with Crippen LogP contribution in [0.5, 0.6) is 0 Å². The van der Waals surface area contributed by atoms with E-state index in [1.807, 2.05) is 25.1 Å². The molecule has 3 aromatic carbocycles. The first kappa shape index (κ1) is 29.9. The number of amides is 2. The molecule has 2 amide bonds. The summed E-state index contributed by atoms with van der Waals surface area (Å²) in [5, 5.41) is 17.1. The SMILES string of the molecule is CCc1cccc(CNC[C@@H](O)[C@H](Cc2cc(F)cc(F)c2)NC(=O)c2cc(C)cc(C(=O)N(C)CC)c2)c1. The number of nitrogens with one attached hydrogen (secondary N) is 2. The highest BCUT2D eigenvalue weighted by atomic mass is 19.1. The van der Waals surface area contributed by atoms with Gasteiger partial charge < -0.3 is 20.6 Å². The van der Waals surface area contributed by atoms with E-state index in [1.165, 1.54) is 23.8 Å². The average molecular weight is 538 g/mol. The topological polar surface area (TPSA) is 81.7 Å². The number of aliphatic hydroxyl groups excluding tert-OH is 1. The van der Waals surface area contributed by atoms with Gasteiger partial charge in [0, 0.05) is 43.9 Å². The molecule has 3 aromatic rings. The van der Waals surface area contributed by atoms with Crippen LogP contribution in [0.2, 0.25) is 0 Å². The second kappa shape index (κ2) is 14.0. The molecule has 0 unspecified atom stereocenters. The van der Waals surface area contributed by atoms with E-state index in [1.54, 1.807) is 31.0 Å². The fourth-order valence-electron chi connectivity index (χ4n) is 4.39. The standard InChI is InChI=1S/C31H37F2N3O3/c1-5-21-8-7-9-22(12-21)18-34-19-29(37)28(15-23-13-26(32)17-27(33)14-23)35-30(38)24-10-20(3)11-25(16-24)31(39)36(4)6-2/h7-14,16-17,28-29,34,37H,5-6,15,18-19H2,1-4H3,(H,35,38)/t28-,29+/m0/s1. The second-order valence-electron chi connectivity index (χ2n) is 9.84. The van der Waals surface area contributed by atoms with Crippen molar-refractivity contribution in [2.75, 3.05) is 20.1 Å². The van der Waals surface area contributed by atoms with Crippen LogP contribution in [0.15, 0.2) is 60.7 Å². The number of aryl methyl sites for hydroxylation is 2. The van der Waals surface area contributed by atoms with E-state index in [2.05, 4.69) is 23.6 Å². The van der Waals surface area contributed by atoms with Crippen molar-refractivity contribution in [3.8, 4) is 0 Å². The molecule has 3 N–H and O–H groups in total. The molecule has 0 bridgehead atoms. The Morgan fingerprint density at radius 2 is 1.59 bits per heavy atom. The molecular weight excluding hydrogens is 500 g/mol. The lowest BCUT2D eigenvalue weighted by Crippen LogP contribution is -2.48. The number of carbonyl (C=O) groups excluding carboxylic acids is 2. The van der Waals surface area contributed by atoms with Crippen molar-refractivity contribution in [2.45, 2.75) is 52.3 Å². The van der Waals surface area contributed by atoms with Gasteiger partial charge in [-0.2, -0.15) is 0 Å². The Hall–Kier alpha value is -3.62. The first-order chi connectivity index (χ1) is 18.6. The molecule has 0 heterocycles. The summed E-state index contributed by atoms with van der Waals surface area (Å²) < 4.78 is 27.8. The Labute approximate surface area is 229 Å². The number of hydrogen-bond acceptors (Lipinski definition) is 4. The van der Waals surface area contributed by atoms with Crippen molar-refractivity contribution in [1.29, 1.82) is 0 Å². The zero-order chi connectivity index (χ0) is 28.5. The zero-order valence-corrected chi connectivity index (χ0v) is 22.9. The highest BCUT2D eigenvalue weighted by Gasteiger charge is 2.24. The van der Waals surface area contributed by atoms with E-state index >= 15 is 0 Å². The quantitative estimate of drug-likeness (QED) is 0.320. The van der Waals surface area contributed by atoms with E-state index in [9.17, 15) is 23.5 Å². The Balaban J connectivity index is 1.79. The summed E-state index contributed by atoms with van der Waals surface area (Å²) in [7, 11) is 1.68. The number of rotatable bonds is 12. The maximum atomic E-state index is 13.9. The van der Waals surface area contributed by atoms with E-state index in [-0.39, 0.29) is 24.4 Å². The van der Waals surface area contributed by atoms with Crippen molar-refractivity contribution < 1.29 is 23.5 Å². The number of hydrogen-bond donors (Lipinski definition) is 3. The fourth-order valence-corrected chi connectivity index (χ4v) is 4.39. The largest absolute Gasteiger partial charge is 0.390 e. The molecule has 0 aliphatic rings. The molecule has 3 rings (SSSR count). The van der Waals surface area contributed by atoms with Gasteiger partial charge in [-0.3, -0.25) is 9.59 Å². The third kappa shape index (κ3) is 8.70. The van der Waals surface area contributed by atoms with Gasteiger partial charge in [0.05, 0.1) is 12.1 Å². The van der Waals surface area contributed by atoms with Gasteiger partial charge in [-0.1, -0.05) is 31.2 Å². The number of carbonyl (C=O) groups is 2. The van der Waals surface area contributed by atoms with Crippen molar-refractivity contribution in [3.63, 3.8) is 0 Å². The molecule has 0 fully saturated rings. The van der Waals surface area contributed by atoms with E-state index < -0.39 is 29.7 Å². The molecule has 39 heavy (non-hydrogen) atoms. The van der Waals surface area contributed by atoms with Gasteiger partial charge in [-0.05, 0) is 79.3 Å². The average Bonchev–Trinajstić information content (AvgIpc) is 2.90. The summed E-state index contributed by atoms with van der Waals surface area (Å²) in [6.45, 7) is 6.89. The predicted molar refractivity (Wildman–Crippen MR) is 149 cm³/mol. The van der Waals surface area contributed by atoms with Crippen LogP contribution in [0, 0.1) is 18.6 Å². The van der Waals surface area contributed by atoms with Crippen LogP contribution in [-0.2, 0) is 19.4 Å². The maximum Gasteiger partial charge on any atom is 0.253 e. The van der Waals surface area contributed by atoms with Crippen LogP contribution in [0.1, 0.15) is 56.8 Å². The molecular formula is C31H37F2N3O3. The van der Waals surface area contributed by atoms with Crippen LogP contribution < -0.4 is 10.6 Å². The lowest BCUT2D eigenvalue weighted by atomic mass is 9.99. The van der Waals surface area contributed by atoms with Crippen LogP contribution in [-0.4, -0.2) is 54.1 Å². The lowest BCUT2D eigenvalue weighted by Gasteiger charge is -2.25. The van der Waals surface area contributed by atoms with Gasteiger partial charge in [0.15, 0.2) is 0 Å². The van der Waals surface area contributed by atoms with Gasteiger partial charge in [0.25, 0.3) is 11.8 Å². The van der Waals surface area contributed by atoms with E-state index in [0.717, 1.165) is 23.6 Å². The predicted octanol–water partition coefficient (Wildman–Crippen LogP) is 4.42. The lowest BCUT2D eigenvalue weighted by molar-refractivity contribution is 0.0802. The summed E-state index contributed by atoms with van der Waals surface area (Å²) in [5.41, 5.74) is 3.94. The molecule has 6 nitrogen and oxygen atoms in total. The van der Waals surface area contributed by atoms with Crippen molar-refractivity contribution in [2.24, 2.45) is 0 Å². The summed E-state index contributed by atoms with van der Waals surface area (Å²) in [5.74, 6) is -2.18. The summed E-state index contributed by atoms with van der Waals surface area (Å²) >= 11 is 0. The minimum absolute atomic E-state index is 0.00472. The van der Waals surface area contributed by atoms with Gasteiger partial charge >= 0.3 is 0 Å². The number of aliphatic hydroxyl groups is 1. The minimum atomic E-state index is -1.06. The molecule has 0 saturated heterocycles. The molecule has 0 saturated carbocycles. The Kier molecular flexibility index (Phi) is 10.7. The number of nitrogens with zero attached hydrogens (tertiary/aromatic N) is 1. The van der Waals surface area contributed by atoms with Crippen LogP contribution in [0.4, 0.5) is 8.78 Å². The summed E-state index contributed by atoms with van der Waals surface area (Å²) in [6, 6.07) is 15.3. The molecule has 0 spiro atoms. The second-order valence-corrected chi connectivity index (χ2v) is 9.84. The highest BCUT2D eigenvalue weighted by Crippen LogP contribution is 2.15. The Bertz CT molecular complexity index is 1280. The molecule has 0 aliphatic heterocycles. The number of benzene rings is 3. The van der Waals surface area contributed by atoms with E-state index in [4.69, 9.17) is 0 Å². The first-order valence-electron chi connectivity index (χ1n) is 13.2. The van der Waals surface area contributed by atoms with Gasteiger partial charge in [0.2, 0.25) is 0 Å². The fraction of sp³-hybridized carbons (Fsp3) is 0.355. The highest BCUT2D eigenvalue weighted by molar-refractivity contribution is 6.00. The monoisotopic (exact) mass is 537 g/mol. The Morgan fingerprint density at radius 1 is 0.923 bits per heavy atom. The molecule has 0 aromatic heterocycles. The van der Waals surface area contributed by atoms with Crippen molar-refractivity contribution in [3.05, 3.63) is 106 Å². The third-order valence-electron chi connectivity index (χ3n) is 6.65. The maximum absolute atomic E-state index is 13.9. The van der Waals surface area contributed by atoms with Gasteiger partial charge in [0.1, 0.15) is 11.6 Å². The molecule has 2 atom stereocenters. The van der Waals surface area contributed by atoms with Gasteiger partial charge in [-0.15, -0.1) is 0 Å². The zero-order valence-electron chi connectivity index (χ0n) is 22.9. The van der Waals surface area contributed by atoms with Crippen molar-refractivity contribution in [1.82, 2.24) is 15.5 Å². The number of halogens is 2. The molecule has 8 heteroatoms. The van der Waals surface area contributed by atoms with Crippen LogP contribution in [0.3, 0.4) is 0 Å². The third-order valence-corrected chi connectivity index (χ3v) is 6.65.